The largest absolute Gasteiger partial charge is 0.496 e. The van der Waals surface area contributed by atoms with Crippen molar-refractivity contribution in [2.45, 2.75) is 20.4 Å². The van der Waals surface area contributed by atoms with Gasteiger partial charge in [0.15, 0.2) is 0 Å². The lowest BCUT2D eigenvalue weighted by Gasteiger charge is -2.11. The number of amides is 1. The van der Waals surface area contributed by atoms with Crippen LogP contribution in [-0.2, 0) is 6.54 Å². The van der Waals surface area contributed by atoms with Crippen LogP contribution in [0.3, 0.4) is 0 Å². The predicted molar refractivity (Wildman–Crippen MR) is 108 cm³/mol. The van der Waals surface area contributed by atoms with Crippen LogP contribution in [0.15, 0.2) is 60.8 Å². The second-order valence-corrected chi connectivity index (χ2v) is 6.37. The highest BCUT2D eigenvalue weighted by Crippen LogP contribution is 2.19. The first kappa shape index (κ1) is 18.5. The first-order valence-electron chi connectivity index (χ1n) is 8.77. The zero-order valence-corrected chi connectivity index (χ0v) is 15.7. The third-order valence-electron chi connectivity index (χ3n) is 4.32. The van der Waals surface area contributed by atoms with Gasteiger partial charge in [0, 0.05) is 24.0 Å². The van der Waals surface area contributed by atoms with Gasteiger partial charge in [-0.3, -0.25) is 4.79 Å². The molecule has 0 saturated carbocycles. The summed E-state index contributed by atoms with van der Waals surface area (Å²) in [7, 11) is 1.65. The molecule has 0 atom stereocenters. The number of aromatic nitrogens is 1. The number of benzene rings is 2. The van der Waals surface area contributed by atoms with Crippen LogP contribution in [0.25, 0.3) is 0 Å². The Morgan fingerprint density at radius 3 is 2.63 bits per heavy atom. The van der Waals surface area contributed by atoms with Gasteiger partial charge < -0.3 is 15.4 Å². The summed E-state index contributed by atoms with van der Waals surface area (Å²) in [6.45, 7) is 4.56. The monoisotopic (exact) mass is 361 g/mol. The lowest BCUT2D eigenvalue weighted by Crippen LogP contribution is -2.13. The molecule has 3 aromatic rings. The van der Waals surface area contributed by atoms with Crippen LogP contribution in [0.4, 0.5) is 11.5 Å². The zero-order valence-electron chi connectivity index (χ0n) is 15.7. The number of nitrogens with one attached hydrogen (secondary N) is 2. The highest BCUT2D eigenvalue weighted by atomic mass is 16.5. The van der Waals surface area contributed by atoms with Crippen molar-refractivity contribution in [1.82, 2.24) is 4.98 Å². The minimum atomic E-state index is -0.174. The molecule has 5 heteroatoms. The number of carbonyl (C=O) groups is 1. The van der Waals surface area contributed by atoms with E-state index in [0.29, 0.717) is 17.9 Å². The molecule has 0 unspecified atom stereocenters. The van der Waals surface area contributed by atoms with Crippen molar-refractivity contribution in [2.75, 3.05) is 17.7 Å². The Morgan fingerprint density at radius 1 is 1.07 bits per heavy atom. The SMILES string of the molecule is COc1ccccc1CNc1ccc(C(=O)Nc2cc(C)ccc2C)cn1. The van der Waals surface area contributed by atoms with Gasteiger partial charge in [-0.25, -0.2) is 4.98 Å². The molecule has 0 aliphatic heterocycles. The van der Waals surface area contributed by atoms with E-state index in [4.69, 9.17) is 4.74 Å². The summed E-state index contributed by atoms with van der Waals surface area (Å²) < 4.78 is 5.35. The highest BCUT2D eigenvalue weighted by molar-refractivity contribution is 6.04. The Balaban J connectivity index is 1.64. The van der Waals surface area contributed by atoms with E-state index in [1.165, 1.54) is 0 Å². The normalized spacial score (nSPS) is 10.3. The fourth-order valence-electron chi connectivity index (χ4n) is 2.73. The van der Waals surface area contributed by atoms with Crippen molar-refractivity contribution in [3.63, 3.8) is 0 Å². The first-order chi connectivity index (χ1) is 13.1. The fourth-order valence-corrected chi connectivity index (χ4v) is 2.73. The standard InChI is InChI=1S/C22H23N3O2/c1-15-8-9-16(2)19(12-15)25-22(26)18-10-11-21(24-14-18)23-13-17-6-4-5-7-20(17)27-3/h4-12,14H,13H2,1-3H3,(H,23,24)(H,25,26). The lowest BCUT2D eigenvalue weighted by atomic mass is 10.1. The summed E-state index contributed by atoms with van der Waals surface area (Å²) in [4.78, 5) is 16.8. The maximum Gasteiger partial charge on any atom is 0.257 e. The number of nitrogens with zero attached hydrogens (tertiary/aromatic N) is 1. The molecule has 0 saturated heterocycles. The third-order valence-corrected chi connectivity index (χ3v) is 4.32. The molecule has 1 aromatic heterocycles. The van der Waals surface area contributed by atoms with Crippen LogP contribution in [-0.4, -0.2) is 18.0 Å². The van der Waals surface area contributed by atoms with Crippen molar-refractivity contribution in [1.29, 1.82) is 0 Å². The van der Waals surface area contributed by atoms with Crippen LogP contribution in [0.2, 0.25) is 0 Å². The minimum absolute atomic E-state index is 0.174. The molecule has 1 heterocycles. The van der Waals surface area contributed by atoms with Crippen molar-refractivity contribution in [2.24, 2.45) is 0 Å². The average molecular weight is 361 g/mol. The smallest absolute Gasteiger partial charge is 0.257 e. The van der Waals surface area contributed by atoms with Crippen LogP contribution in [0.5, 0.6) is 5.75 Å². The van der Waals surface area contributed by atoms with E-state index in [0.717, 1.165) is 28.1 Å². The van der Waals surface area contributed by atoms with E-state index in [1.807, 2.05) is 56.3 Å². The van der Waals surface area contributed by atoms with E-state index in [-0.39, 0.29) is 5.91 Å². The van der Waals surface area contributed by atoms with Gasteiger partial charge >= 0.3 is 0 Å². The number of ether oxygens (including phenoxy) is 1. The molecule has 0 fully saturated rings. The summed E-state index contributed by atoms with van der Waals surface area (Å²) in [5, 5.41) is 6.19. The van der Waals surface area contributed by atoms with Gasteiger partial charge in [0.1, 0.15) is 11.6 Å². The number of hydrogen-bond donors (Lipinski definition) is 2. The van der Waals surface area contributed by atoms with Gasteiger partial charge in [-0.2, -0.15) is 0 Å². The quantitative estimate of drug-likeness (QED) is 0.675. The molecule has 138 valence electrons. The summed E-state index contributed by atoms with van der Waals surface area (Å²) >= 11 is 0. The molecule has 27 heavy (non-hydrogen) atoms. The van der Waals surface area contributed by atoms with Gasteiger partial charge in [-0.1, -0.05) is 30.3 Å². The Hall–Kier alpha value is -3.34. The van der Waals surface area contributed by atoms with Gasteiger partial charge in [-0.15, -0.1) is 0 Å². The summed E-state index contributed by atoms with van der Waals surface area (Å²) in [5.74, 6) is 1.35. The number of anilines is 2. The highest BCUT2D eigenvalue weighted by Gasteiger charge is 2.09. The summed E-state index contributed by atoms with van der Waals surface area (Å²) in [5.41, 5.74) is 4.50. The number of pyridine rings is 1. The number of rotatable bonds is 6. The third kappa shape index (κ3) is 4.64. The number of methoxy groups -OCH3 is 1. The minimum Gasteiger partial charge on any atom is -0.496 e. The topological polar surface area (TPSA) is 63.2 Å². The van der Waals surface area contributed by atoms with Crippen LogP contribution < -0.4 is 15.4 Å². The van der Waals surface area contributed by atoms with Gasteiger partial charge in [0.2, 0.25) is 0 Å². The molecule has 0 aliphatic rings. The Morgan fingerprint density at radius 2 is 1.89 bits per heavy atom. The van der Waals surface area contributed by atoms with Gasteiger partial charge in [-0.05, 0) is 49.2 Å². The second-order valence-electron chi connectivity index (χ2n) is 6.37. The summed E-state index contributed by atoms with van der Waals surface area (Å²) in [6, 6.07) is 17.4. The van der Waals surface area contributed by atoms with Crippen molar-refractivity contribution < 1.29 is 9.53 Å². The average Bonchev–Trinajstić information content (AvgIpc) is 2.69. The molecule has 0 aliphatic carbocycles. The number of carbonyl (C=O) groups excluding carboxylic acids is 1. The molecule has 0 radical (unpaired) electrons. The van der Waals surface area contributed by atoms with Crippen LogP contribution in [0, 0.1) is 13.8 Å². The van der Waals surface area contributed by atoms with E-state index in [9.17, 15) is 4.79 Å². The number of para-hydroxylation sites is 1. The van der Waals surface area contributed by atoms with E-state index < -0.39 is 0 Å². The Labute approximate surface area is 159 Å². The first-order valence-corrected chi connectivity index (χ1v) is 8.77. The fraction of sp³-hybridized carbons (Fsp3) is 0.182. The molecule has 2 aromatic carbocycles. The number of aryl methyl sites for hydroxylation is 2. The molecule has 5 nitrogen and oxygen atoms in total. The Kier molecular flexibility index (Phi) is 5.71. The molecule has 1 amide bonds. The maximum atomic E-state index is 12.5. The number of hydrogen-bond acceptors (Lipinski definition) is 4. The maximum absolute atomic E-state index is 12.5. The molecular formula is C22H23N3O2. The van der Waals surface area contributed by atoms with Gasteiger partial charge in [0.25, 0.3) is 5.91 Å². The molecular weight excluding hydrogens is 338 g/mol. The predicted octanol–water partition coefficient (Wildman–Crippen LogP) is 4.57. The van der Waals surface area contributed by atoms with Crippen molar-refractivity contribution in [3.8, 4) is 5.75 Å². The molecule has 0 bridgehead atoms. The van der Waals surface area contributed by atoms with Crippen LogP contribution >= 0.6 is 0 Å². The molecule has 3 rings (SSSR count). The summed E-state index contributed by atoms with van der Waals surface area (Å²) in [6.07, 6.45) is 1.57. The van der Waals surface area contributed by atoms with Crippen LogP contribution in [0.1, 0.15) is 27.0 Å². The Bertz CT molecular complexity index is 937. The molecule has 2 N–H and O–H groups in total. The molecule has 0 spiro atoms. The van der Waals surface area contributed by atoms with E-state index in [1.54, 1.807) is 25.4 Å². The van der Waals surface area contributed by atoms with E-state index in [2.05, 4.69) is 15.6 Å². The van der Waals surface area contributed by atoms with E-state index >= 15 is 0 Å². The lowest BCUT2D eigenvalue weighted by molar-refractivity contribution is 0.102. The van der Waals surface area contributed by atoms with Gasteiger partial charge in [0.05, 0.1) is 12.7 Å². The van der Waals surface area contributed by atoms with Crippen molar-refractivity contribution in [3.05, 3.63) is 83.0 Å². The zero-order chi connectivity index (χ0) is 19.2. The second kappa shape index (κ2) is 8.36. The van der Waals surface area contributed by atoms with Crippen molar-refractivity contribution >= 4 is 17.4 Å².